The van der Waals surface area contributed by atoms with Crippen LogP contribution in [0.3, 0.4) is 0 Å². The number of carbonyl (C=O) groups is 1. The predicted molar refractivity (Wildman–Crippen MR) is 122 cm³/mol. The van der Waals surface area contributed by atoms with Gasteiger partial charge in [-0.1, -0.05) is 11.6 Å². The lowest BCUT2D eigenvalue weighted by Gasteiger charge is -2.35. The summed E-state index contributed by atoms with van der Waals surface area (Å²) in [6.45, 7) is 8.58. The monoisotopic (exact) mass is 456 g/mol. The van der Waals surface area contributed by atoms with Gasteiger partial charge in [-0.05, 0) is 45.4 Å². The number of aromatic amines is 1. The second-order valence-corrected chi connectivity index (χ2v) is 8.58. The molecule has 0 radical (unpaired) electrons. The smallest absolute Gasteiger partial charge is 0.258 e. The molecule has 1 aromatic carbocycles. The highest BCUT2D eigenvalue weighted by Crippen LogP contribution is 2.28. The molecule has 10 heteroatoms. The molecule has 168 valence electrons. The number of carbonyl (C=O) groups excluding carboxylic acids is 1. The summed E-state index contributed by atoms with van der Waals surface area (Å²) in [6.07, 6.45) is 3.00. The Hall–Kier alpha value is -3.04. The molecule has 1 aliphatic heterocycles. The van der Waals surface area contributed by atoms with Crippen molar-refractivity contribution in [2.45, 2.75) is 45.9 Å². The number of nitrogens with one attached hydrogen (secondary N) is 2. The fourth-order valence-corrected chi connectivity index (χ4v) is 4.26. The number of hydrogen-bond donors (Lipinski definition) is 2. The number of rotatable bonds is 4. The fourth-order valence-electron chi connectivity index (χ4n) is 3.94. The number of benzene rings is 1. The summed E-state index contributed by atoms with van der Waals surface area (Å²) in [5.41, 5.74) is 1.46. The Labute approximate surface area is 190 Å². The maximum absolute atomic E-state index is 12.8. The number of fused-ring (bicyclic) bond motifs is 1. The summed E-state index contributed by atoms with van der Waals surface area (Å²) >= 11 is 6.45. The van der Waals surface area contributed by atoms with Crippen molar-refractivity contribution in [1.29, 1.82) is 0 Å². The van der Waals surface area contributed by atoms with E-state index in [9.17, 15) is 9.59 Å². The molecular weight excluding hydrogens is 432 g/mol. The normalized spacial score (nSPS) is 19.7. The minimum absolute atomic E-state index is 0.0107. The first-order valence-electron chi connectivity index (χ1n) is 10.4. The SMILES string of the molecule is Cc1nc2cc(Cl)c(C(C)Nc3ncc(C(=O)N4CC(C)OC(C)C4)cn3)cc2c(=O)[nH]1. The molecule has 0 aliphatic carbocycles. The summed E-state index contributed by atoms with van der Waals surface area (Å²) in [7, 11) is 0. The van der Waals surface area contributed by atoms with Crippen LogP contribution >= 0.6 is 11.6 Å². The predicted octanol–water partition coefficient (Wildman–Crippen LogP) is 3.10. The van der Waals surface area contributed by atoms with E-state index in [1.54, 1.807) is 24.0 Å². The fraction of sp³-hybridized carbons (Fsp3) is 0.409. The van der Waals surface area contributed by atoms with Crippen molar-refractivity contribution in [2.75, 3.05) is 18.4 Å². The molecule has 1 saturated heterocycles. The Morgan fingerprint density at radius 3 is 2.56 bits per heavy atom. The number of ether oxygens (including phenoxy) is 1. The Morgan fingerprint density at radius 2 is 1.91 bits per heavy atom. The molecule has 2 aromatic heterocycles. The van der Waals surface area contributed by atoms with E-state index in [-0.39, 0.29) is 29.7 Å². The van der Waals surface area contributed by atoms with E-state index in [0.717, 1.165) is 5.56 Å². The Morgan fingerprint density at radius 1 is 1.25 bits per heavy atom. The van der Waals surface area contributed by atoms with Gasteiger partial charge in [-0.25, -0.2) is 15.0 Å². The molecule has 3 heterocycles. The Kier molecular flexibility index (Phi) is 6.12. The first-order chi connectivity index (χ1) is 15.2. The van der Waals surface area contributed by atoms with Crippen LogP contribution in [0.25, 0.3) is 10.9 Å². The van der Waals surface area contributed by atoms with Crippen LogP contribution in [0.15, 0.2) is 29.3 Å². The number of hydrogen-bond acceptors (Lipinski definition) is 7. The number of amides is 1. The Balaban J connectivity index is 1.50. The van der Waals surface area contributed by atoms with E-state index in [4.69, 9.17) is 16.3 Å². The van der Waals surface area contributed by atoms with Gasteiger partial charge in [-0.2, -0.15) is 0 Å². The van der Waals surface area contributed by atoms with E-state index in [1.165, 1.54) is 12.4 Å². The van der Waals surface area contributed by atoms with Crippen LogP contribution in [0.5, 0.6) is 0 Å². The van der Waals surface area contributed by atoms with Gasteiger partial charge < -0.3 is 19.9 Å². The van der Waals surface area contributed by atoms with Crippen LogP contribution in [-0.2, 0) is 4.74 Å². The summed E-state index contributed by atoms with van der Waals surface area (Å²) in [5.74, 6) is 0.762. The molecule has 9 nitrogen and oxygen atoms in total. The van der Waals surface area contributed by atoms with E-state index < -0.39 is 0 Å². The number of aromatic nitrogens is 4. The number of halogens is 1. The van der Waals surface area contributed by atoms with Crippen LogP contribution in [-0.4, -0.2) is 56.0 Å². The summed E-state index contributed by atoms with van der Waals surface area (Å²) in [6, 6.07) is 3.12. The summed E-state index contributed by atoms with van der Waals surface area (Å²) in [5, 5.41) is 4.11. The van der Waals surface area contributed by atoms with Gasteiger partial charge in [0.25, 0.3) is 11.5 Å². The lowest BCUT2D eigenvalue weighted by Crippen LogP contribution is -2.48. The third-order valence-electron chi connectivity index (χ3n) is 5.36. The van der Waals surface area contributed by atoms with E-state index in [1.807, 2.05) is 20.8 Å². The summed E-state index contributed by atoms with van der Waals surface area (Å²) in [4.78, 5) is 42.4. The molecule has 1 aliphatic rings. The molecule has 3 atom stereocenters. The number of H-pyrrole nitrogens is 1. The van der Waals surface area contributed by atoms with Crippen molar-refractivity contribution in [1.82, 2.24) is 24.8 Å². The molecule has 1 fully saturated rings. The molecule has 3 aromatic rings. The van der Waals surface area contributed by atoms with Gasteiger partial charge in [-0.3, -0.25) is 9.59 Å². The standard InChI is InChI=1S/C22H25ClN6O3/c1-11-9-29(10-12(2)32-11)21(31)15-7-24-22(25-8-15)26-13(3)16-5-17-19(6-18(16)23)27-14(4)28-20(17)30/h5-8,11-13H,9-10H2,1-4H3,(H,24,25,26)(H,27,28,30). The van der Waals surface area contributed by atoms with Crippen LogP contribution in [0.2, 0.25) is 5.02 Å². The lowest BCUT2D eigenvalue weighted by molar-refractivity contribution is -0.0586. The molecule has 4 rings (SSSR count). The van der Waals surface area contributed by atoms with Gasteiger partial charge >= 0.3 is 0 Å². The quantitative estimate of drug-likeness (QED) is 0.620. The number of anilines is 1. The van der Waals surface area contributed by atoms with Gasteiger partial charge in [0.15, 0.2) is 0 Å². The lowest BCUT2D eigenvalue weighted by atomic mass is 10.1. The Bertz CT molecular complexity index is 1200. The van der Waals surface area contributed by atoms with Crippen LogP contribution in [0, 0.1) is 6.92 Å². The number of nitrogens with zero attached hydrogens (tertiary/aromatic N) is 4. The van der Waals surface area contributed by atoms with Crippen molar-refractivity contribution in [3.8, 4) is 0 Å². The van der Waals surface area contributed by atoms with Crippen LogP contribution in [0.1, 0.15) is 48.6 Å². The average molecular weight is 457 g/mol. The van der Waals surface area contributed by atoms with Gasteiger partial charge in [-0.15, -0.1) is 0 Å². The third-order valence-corrected chi connectivity index (χ3v) is 5.69. The molecule has 0 spiro atoms. The zero-order valence-corrected chi connectivity index (χ0v) is 19.1. The maximum Gasteiger partial charge on any atom is 0.258 e. The van der Waals surface area contributed by atoms with Crippen molar-refractivity contribution in [2.24, 2.45) is 0 Å². The van der Waals surface area contributed by atoms with E-state index >= 15 is 0 Å². The van der Waals surface area contributed by atoms with Crippen molar-refractivity contribution in [3.63, 3.8) is 0 Å². The topological polar surface area (TPSA) is 113 Å². The third kappa shape index (κ3) is 4.58. The zero-order chi connectivity index (χ0) is 23.0. The van der Waals surface area contributed by atoms with Crippen LogP contribution in [0.4, 0.5) is 5.95 Å². The van der Waals surface area contributed by atoms with Gasteiger partial charge in [0.1, 0.15) is 5.82 Å². The highest BCUT2D eigenvalue weighted by atomic mass is 35.5. The average Bonchev–Trinajstić information content (AvgIpc) is 2.72. The minimum Gasteiger partial charge on any atom is -0.372 e. The van der Waals surface area contributed by atoms with E-state index in [2.05, 4.69) is 25.3 Å². The zero-order valence-electron chi connectivity index (χ0n) is 18.3. The maximum atomic E-state index is 12.8. The van der Waals surface area contributed by atoms with Crippen molar-refractivity contribution >= 4 is 34.4 Å². The first kappa shape index (κ1) is 22.2. The second-order valence-electron chi connectivity index (χ2n) is 8.17. The van der Waals surface area contributed by atoms with Crippen molar-refractivity contribution < 1.29 is 9.53 Å². The van der Waals surface area contributed by atoms with Gasteiger partial charge in [0.2, 0.25) is 5.95 Å². The highest BCUT2D eigenvalue weighted by Gasteiger charge is 2.27. The molecular formula is C22H25ClN6O3. The minimum atomic E-state index is -0.282. The van der Waals surface area contributed by atoms with Crippen LogP contribution < -0.4 is 10.9 Å². The van der Waals surface area contributed by atoms with Gasteiger partial charge in [0, 0.05) is 30.5 Å². The number of morpholine rings is 1. The number of aryl methyl sites for hydroxylation is 1. The molecule has 1 amide bonds. The molecule has 32 heavy (non-hydrogen) atoms. The van der Waals surface area contributed by atoms with E-state index in [0.29, 0.717) is 46.4 Å². The second kappa shape index (κ2) is 8.84. The largest absolute Gasteiger partial charge is 0.372 e. The molecule has 0 bridgehead atoms. The van der Waals surface area contributed by atoms with Crippen molar-refractivity contribution in [3.05, 3.63) is 56.9 Å². The molecule has 0 saturated carbocycles. The highest BCUT2D eigenvalue weighted by molar-refractivity contribution is 6.32. The first-order valence-corrected chi connectivity index (χ1v) is 10.8. The van der Waals surface area contributed by atoms with Gasteiger partial charge in [0.05, 0.1) is 34.7 Å². The summed E-state index contributed by atoms with van der Waals surface area (Å²) < 4.78 is 5.69. The molecule has 2 N–H and O–H groups in total. The molecule has 3 unspecified atom stereocenters.